The molecule has 5 heterocycles. The smallest absolute Gasteiger partial charge is 0.293 e. The summed E-state index contributed by atoms with van der Waals surface area (Å²) in [6.45, 7) is 11.5. The first-order chi connectivity index (χ1) is 31.8. The third-order valence-corrected chi connectivity index (χ3v) is 14.8. The van der Waals surface area contributed by atoms with E-state index in [4.69, 9.17) is 25.8 Å². The van der Waals surface area contributed by atoms with Crippen LogP contribution in [0.2, 0.25) is 5.02 Å². The second-order valence-corrected chi connectivity index (χ2v) is 20.4. The van der Waals surface area contributed by atoms with Crippen molar-refractivity contribution in [2.24, 2.45) is 5.41 Å². The first-order valence-corrected chi connectivity index (χ1v) is 24.4. The van der Waals surface area contributed by atoms with Gasteiger partial charge in [-0.1, -0.05) is 49.2 Å². The Bertz CT molecular complexity index is 2730. The standard InChI is InChI=1S/C48H55ClN8O8S/c1-48(2)15-12-34(41(26-48)32-6-8-35(49)9-7-32)29-54-17-19-55(20-18-54)36-10-11-40(43(25-36)65-39-24-33-13-16-50-46(33)52-28-39)47(58)53-66(61,62)44-5-3-4-42(57(59)60)45(44)51-27-38-31-64-23-21-56(38)37-14-22-63-30-37/h3-11,13,16,24-25,28,37-38,51H,12,14-15,17-23,26-27,29-31H2,1-2H3,(H,50,52)(H,53,58). The number of nitro benzene ring substituents is 1. The second kappa shape index (κ2) is 19.3. The molecular weight excluding hydrogens is 884 g/mol. The molecule has 9 rings (SSSR count). The molecule has 3 aliphatic heterocycles. The topological polar surface area (TPSA) is 184 Å². The van der Waals surface area contributed by atoms with Gasteiger partial charge in [0, 0.05) is 92.9 Å². The molecule has 4 aliphatic rings. The van der Waals surface area contributed by atoms with Crippen molar-refractivity contribution in [1.29, 1.82) is 0 Å². The number of rotatable bonds is 14. The molecule has 2 atom stereocenters. The van der Waals surface area contributed by atoms with Crippen LogP contribution in [0, 0.1) is 15.5 Å². The number of halogens is 1. The average molecular weight is 940 g/mol. The van der Waals surface area contributed by atoms with Crippen LogP contribution < -0.4 is 19.7 Å². The van der Waals surface area contributed by atoms with E-state index in [0.717, 1.165) is 61.4 Å². The van der Waals surface area contributed by atoms with Crippen LogP contribution in [-0.2, 0) is 19.5 Å². The molecule has 66 heavy (non-hydrogen) atoms. The molecule has 3 fully saturated rings. The van der Waals surface area contributed by atoms with Crippen LogP contribution in [0.25, 0.3) is 16.6 Å². The van der Waals surface area contributed by atoms with E-state index in [1.54, 1.807) is 30.5 Å². The predicted octanol–water partition coefficient (Wildman–Crippen LogP) is 7.72. The number of hydrogen-bond donors (Lipinski definition) is 3. The minimum absolute atomic E-state index is 0.0502. The van der Waals surface area contributed by atoms with Gasteiger partial charge in [-0.3, -0.25) is 24.7 Å². The van der Waals surface area contributed by atoms with Gasteiger partial charge >= 0.3 is 0 Å². The molecule has 2 unspecified atom stereocenters. The number of carbonyl (C=O) groups excluding carboxylic acids is 1. The number of sulfonamides is 1. The number of H-pyrrole nitrogens is 1. The molecule has 3 aromatic carbocycles. The number of nitrogens with one attached hydrogen (secondary N) is 3. The van der Waals surface area contributed by atoms with E-state index in [0.29, 0.717) is 57.5 Å². The fraction of sp³-hybridized carbons (Fsp3) is 0.417. The SMILES string of the molecule is CC1(C)CCC(CN2CCN(c3ccc(C(=O)NS(=O)(=O)c4cccc([N+](=O)[O-])c4NCC4COCCN4C4CCOC4)c(Oc4cnc5[nH]ccc5c4)c3)CC2)=C(c2ccc(Cl)cc2)C1. The molecule has 1 aliphatic carbocycles. The van der Waals surface area contributed by atoms with Gasteiger partial charge in [-0.15, -0.1) is 0 Å². The summed E-state index contributed by atoms with van der Waals surface area (Å²) >= 11 is 6.26. The summed E-state index contributed by atoms with van der Waals surface area (Å²) in [6, 6.07) is 20.6. The van der Waals surface area contributed by atoms with Crippen LogP contribution in [0.1, 0.15) is 55.5 Å². The van der Waals surface area contributed by atoms with Gasteiger partial charge in [0.2, 0.25) is 0 Å². The number of morpholine rings is 1. The first-order valence-electron chi connectivity index (χ1n) is 22.5. The maximum absolute atomic E-state index is 14.2. The van der Waals surface area contributed by atoms with Crippen molar-refractivity contribution >= 4 is 61.2 Å². The number of nitro groups is 1. The van der Waals surface area contributed by atoms with E-state index in [9.17, 15) is 23.3 Å². The number of hydrogen-bond acceptors (Lipinski definition) is 13. The van der Waals surface area contributed by atoms with Gasteiger partial charge in [-0.25, -0.2) is 18.1 Å². The number of nitrogens with zero attached hydrogens (tertiary/aromatic N) is 5. The van der Waals surface area contributed by atoms with Crippen molar-refractivity contribution in [3.63, 3.8) is 0 Å². The maximum Gasteiger partial charge on any atom is 0.293 e. The number of benzene rings is 3. The van der Waals surface area contributed by atoms with E-state index >= 15 is 0 Å². The number of fused-ring (bicyclic) bond motifs is 1. The Morgan fingerprint density at radius 1 is 1.02 bits per heavy atom. The van der Waals surface area contributed by atoms with Gasteiger partial charge in [0.1, 0.15) is 27.7 Å². The molecule has 0 radical (unpaired) electrons. The number of aromatic nitrogens is 2. The highest BCUT2D eigenvalue weighted by Gasteiger charge is 2.35. The summed E-state index contributed by atoms with van der Waals surface area (Å²) in [4.78, 5) is 39.9. The lowest BCUT2D eigenvalue weighted by molar-refractivity contribution is -0.384. The number of allylic oxidation sites excluding steroid dienone is 1. The highest BCUT2D eigenvalue weighted by molar-refractivity contribution is 7.90. The minimum atomic E-state index is -4.70. The van der Waals surface area contributed by atoms with Crippen LogP contribution in [0.4, 0.5) is 17.1 Å². The molecule has 18 heteroatoms. The molecule has 2 aromatic heterocycles. The van der Waals surface area contributed by atoms with Crippen LogP contribution in [0.15, 0.2) is 95.7 Å². The van der Waals surface area contributed by atoms with E-state index in [-0.39, 0.29) is 41.0 Å². The first kappa shape index (κ1) is 45.6. The second-order valence-electron chi connectivity index (χ2n) is 18.3. The molecule has 1 amide bonds. The van der Waals surface area contributed by atoms with Crippen molar-refractivity contribution in [3.8, 4) is 11.5 Å². The molecule has 0 bridgehead atoms. The van der Waals surface area contributed by atoms with E-state index in [2.05, 4.69) is 60.7 Å². The largest absolute Gasteiger partial charge is 0.455 e. The number of amides is 1. The highest BCUT2D eigenvalue weighted by atomic mass is 35.5. The fourth-order valence-corrected chi connectivity index (χ4v) is 10.9. The molecule has 5 aromatic rings. The number of anilines is 2. The van der Waals surface area contributed by atoms with Crippen molar-refractivity contribution in [3.05, 3.63) is 117 Å². The normalized spacial score (nSPS) is 20.7. The molecule has 348 valence electrons. The maximum atomic E-state index is 14.2. The third-order valence-electron chi connectivity index (χ3n) is 13.2. The highest BCUT2D eigenvalue weighted by Crippen LogP contribution is 2.44. The van der Waals surface area contributed by atoms with Gasteiger partial charge in [-0.2, -0.15) is 0 Å². The Labute approximate surface area is 389 Å². The number of carbonyl (C=O) groups is 1. The van der Waals surface area contributed by atoms with Gasteiger partial charge in [0.25, 0.3) is 21.6 Å². The summed E-state index contributed by atoms with van der Waals surface area (Å²) < 4.78 is 48.4. The molecular formula is C48H55ClN8O8S. The molecule has 0 saturated carbocycles. The number of aromatic amines is 1. The summed E-state index contributed by atoms with van der Waals surface area (Å²) in [7, 11) is -4.70. The Balaban J connectivity index is 0.950. The van der Waals surface area contributed by atoms with Crippen molar-refractivity contribution < 1.29 is 32.3 Å². The van der Waals surface area contributed by atoms with Crippen molar-refractivity contribution in [2.45, 2.75) is 56.5 Å². The van der Waals surface area contributed by atoms with Crippen LogP contribution in [0.3, 0.4) is 0 Å². The fourth-order valence-electron chi connectivity index (χ4n) is 9.61. The lowest BCUT2D eigenvalue weighted by Crippen LogP contribution is -2.53. The van der Waals surface area contributed by atoms with Gasteiger partial charge in [0.05, 0.1) is 42.5 Å². The third kappa shape index (κ3) is 10.2. The lowest BCUT2D eigenvalue weighted by Gasteiger charge is -2.39. The lowest BCUT2D eigenvalue weighted by atomic mass is 9.72. The van der Waals surface area contributed by atoms with E-state index < -0.39 is 31.4 Å². The van der Waals surface area contributed by atoms with Crippen LogP contribution in [0.5, 0.6) is 11.5 Å². The Morgan fingerprint density at radius 2 is 1.82 bits per heavy atom. The number of para-hydroxylation sites is 1. The summed E-state index contributed by atoms with van der Waals surface area (Å²) in [5, 5.41) is 16.9. The van der Waals surface area contributed by atoms with Crippen LogP contribution in [-0.4, -0.2) is 123 Å². The van der Waals surface area contributed by atoms with E-state index in [1.807, 2.05) is 18.2 Å². The van der Waals surface area contributed by atoms with Crippen molar-refractivity contribution in [2.75, 3.05) is 82.5 Å². The Hall–Kier alpha value is -5.56. The number of ether oxygens (including phenoxy) is 3. The van der Waals surface area contributed by atoms with Gasteiger partial charge in [0.15, 0.2) is 0 Å². The van der Waals surface area contributed by atoms with Gasteiger partial charge in [-0.05, 0) is 84.7 Å². The Kier molecular flexibility index (Phi) is 13.4. The summed E-state index contributed by atoms with van der Waals surface area (Å²) in [5.74, 6) is -0.507. The summed E-state index contributed by atoms with van der Waals surface area (Å²) in [6.07, 6.45) is 7.32. The minimum Gasteiger partial charge on any atom is -0.455 e. The molecule has 16 nitrogen and oxygen atoms in total. The monoisotopic (exact) mass is 938 g/mol. The molecule has 3 saturated heterocycles. The average Bonchev–Trinajstić information content (AvgIpc) is 4.02. The molecule has 0 spiro atoms. The van der Waals surface area contributed by atoms with Crippen molar-refractivity contribution in [1.82, 2.24) is 24.5 Å². The quantitative estimate of drug-likeness (QED) is 0.0727. The zero-order valence-electron chi connectivity index (χ0n) is 37.1. The summed E-state index contributed by atoms with van der Waals surface area (Å²) in [5.41, 5.74) is 5.05. The van der Waals surface area contributed by atoms with Crippen LogP contribution >= 0.6 is 11.6 Å². The predicted molar refractivity (Wildman–Crippen MR) is 254 cm³/mol. The Morgan fingerprint density at radius 3 is 2.59 bits per heavy atom. The van der Waals surface area contributed by atoms with E-state index in [1.165, 1.54) is 41.1 Å². The van der Waals surface area contributed by atoms with Gasteiger partial charge < -0.3 is 29.4 Å². The zero-order valence-corrected chi connectivity index (χ0v) is 38.7. The number of piperazine rings is 1. The zero-order chi connectivity index (χ0) is 46.0. The number of pyridine rings is 1. The molecule has 3 N–H and O–H groups in total.